The molecule has 0 radical (unpaired) electrons. The third-order valence-electron chi connectivity index (χ3n) is 7.16. The average Bonchev–Trinajstić information content (AvgIpc) is 3.51. The van der Waals surface area contributed by atoms with Gasteiger partial charge in [0.1, 0.15) is 19.0 Å². The third-order valence-corrected chi connectivity index (χ3v) is 8.42. The van der Waals surface area contributed by atoms with E-state index in [0.717, 1.165) is 30.6 Å². The largest absolute Gasteiger partial charge is 0.507 e. The van der Waals surface area contributed by atoms with E-state index < -0.39 is 17.7 Å². The lowest BCUT2D eigenvalue weighted by Gasteiger charge is -2.24. The van der Waals surface area contributed by atoms with Gasteiger partial charge in [0.25, 0.3) is 5.78 Å². The van der Waals surface area contributed by atoms with E-state index >= 15 is 0 Å². The number of aromatic nitrogens is 1. The summed E-state index contributed by atoms with van der Waals surface area (Å²) in [5.74, 6) is -0.403. The summed E-state index contributed by atoms with van der Waals surface area (Å²) in [5, 5.41) is 11.8. The van der Waals surface area contributed by atoms with Crippen molar-refractivity contribution in [3.05, 3.63) is 63.7 Å². The van der Waals surface area contributed by atoms with Gasteiger partial charge in [0.15, 0.2) is 33.9 Å². The molecule has 0 aliphatic carbocycles. The van der Waals surface area contributed by atoms with E-state index in [4.69, 9.17) is 18.9 Å². The summed E-state index contributed by atoms with van der Waals surface area (Å²) < 4.78 is 23.2. The van der Waals surface area contributed by atoms with Crippen LogP contribution in [0.4, 0.5) is 5.13 Å². The number of aliphatic hydroxyl groups is 1. The lowest BCUT2D eigenvalue weighted by Crippen LogP contribution is -2.29. The van der Waals surface area contributed by atoms with Crippen molar-refractivity contribution in [2.45, 2.75) is 53.0 Å². The Labute approximate surface area is 253 Å². The second-order valence-electron chi connectivity index (χ2n) is 10.2. The monoisotopic (exact) mass is 606 g/mol. The molecule has 2 aliphatic heterocycles. The van der Waals surface area contributed by atoms with Crippen molar-refractivity contribution in [3.8, 4) is 23.0 Å². The van der Waals surface area contributed by atoms with Crippen LogP contribution in [0.5, 0.6) is 23.0 Å². The molecule has 1 aromatic heterocycles. The van der Waals surface area contributed by atoms with Crippen molar-refractivity contribution in [1.29, 1.82) is 0 Å². The fourth-order valence-corrected chi connectivity index (χ4v) is 6.11. The van der Waals surface area contributed by atoms with Gasteiger partial charge in [-0.25, -0.2) is 4.98 Å². The van der Waals surface area contributed by atoms with Crippen LogP contribution in [-0.4, -0.2) is 54.0 Å². The summed E-state index contributed by atoms with van der Waals surface area (Å²) in [7, 11) is 0. The Kier molecular flexibility index (Phi) is 9.00. The van der Waals surface area contributed by atoms with E-state index in [2.05, 4.69) is 11.9 Å². The molecular weight excluding hydrogens is 572 g/mol. The Bertz CT molecular complexity index is 1590. The highest BCUT2D eigenvalue weighted by Crippen LogP contribution is 2.46. The van der Waals surface area contributed by atoms with Crippen LogP contribution in [0.2, 0.25) is 0 Å². The Hall–Kier alpha value is -4.38. The second-order valence-corrected chi connectivity index (χ2v) is 11.2. The van der Waals surface area contributed by atoms with Gasteiger partial charge in [0.2, 0.25) is 0 Å². The summed E-state index contributed by atoms with van der Waals surface area (Å²) in [6, 6.07) is 8.96. The number of amides is 1. The van der Waals surface area contributed by atoms with Crippen LogP contribution in [-0.2, 0) is 9.59 Å². The number of ether oxygens (including phenoxy) is 4. The van der Waals surface area contributed by atoms with E-state index in [1.807, 2.05) is 6.92 Å². The zero-order chi connectivity index (χ0) is 30.7. The molecule has 2 aliphatic rings. The quantitative estimate of drug-likeness (QED) is 0.0917. The predicted octanol–water partition coefficient (Wildman–Crippen LogP) is 6.02. The van der Waals surface area contributed by atoms with Crippen LogP contribution in [0, 0.1) is 6.92 Å². The van der Waals surface area contributed by atoms with Crippen molar-refractivity contribution < 1.29 is 38.4 Å². The Morgan fingerprint density at radius 1 is 1.05 bits per heavy atom. The van der Waals surface area contributed by atoms with Crippen molar-refractivity contribution in [2.75, 3.05) is 31.3 Å². The number of unbranched alkanes of at least 4 members (excludes halogenated alkanes) is 2. The van der Waals surface area contributed by atoms with Gasteiger partial charge in [0.05, 0.1) is 35.4 Å². The minimum atomic E-state index is -1.06. The lowest BCUT2D eigenvalue weighted by atomic mass is 9.95. The second kappa shape index (κ2) is 12.9. The number of carbonyl (C=O) groups excluding carboxylic acids is 3. The molecule has 226 valence electrons. The van der Waals surface area contributed by atoms with Gasteiger partial charge in [-0.1, -0.05) is 37.2 Å². The third kappa shape index (κ3) is 5.94. The number of rotatable bonds is 11. The molecule has 0 saturated carbocycles. The molecule has 3 aromatic rings. The number of nitrogens with zero attached hydrogens (tertiary/aromatic N) is 2. The minimum Gasteiger partial charge on any atom is -0.507 e. The fourth-order valence-electron chi connectivity index (χ4n) is 5.12. The highest BCUT2D eigenvalue weighted by Gasteiger charge is 2.48. The van der Waals surface area contributed by atoms with Crippen LogP contribution in [0.3, 0.4) is 0 Å². The first-order valence-electron chi connectivity index (χ1n) is 14.3. The standard InChI is InChI=1S/C32H34N2O8S/c1-5-7-8-13-40-22-11-9-20(16-24(22)39-6-2)27-26(28(36)21-10-12-23-25(17-21)42-15-14-41-23)29(37)31(38)34(27)32-33-18(3)30(43-32)19(4)35/h9-12,16-17,27,36H,5-8,13-15H2,1-4H3. The molecule has 1 fully saturated rings. The van der Waals surface area contributed by atoms with Gasteiger partial charge in [-0.3, -0.25) is 19.3 Å². The first-order chi connectivity index (χ1) is 20.7. The van der Waals surface area contributed by atoms with Gasteiger partial charge in [0, 0.05) is 12.5 Å². The Morgan fingerprint density at radius 3 is 2.51 bits per heavy atom. The van der Waals surface area contributed by atoms with Crippen molar-refractivity contribution in [2.24, 2.45) is 0 Å². The minimum absolute atomic E-state index is 0.127. The van der Waals surface area contributed by atoms with Crippen LogP contribution >= 0.6 is 11.3 Å². The number of thiazole rings is 1. The average molecular weight is 607 g/mol. The van der Waals surface area contributed by atoms with E-state index in [0.29, 0.717) is 65.6 Å². The van der Waals surface area contributed by atoms with Crippen LogP contribution in [0.1, 0.15) is 72.6 Å². The van der Waals surface area contributed by atoms with Crippen LogP contribution in [0.25, 0.3) is 5.76 Å². The van der Waals surface area contributed by atoms with Gasteiger partial charge < -0.3 is 24.1 Å². The first-order valence-corrected chi connectivity index (χ1v) is 15.2. The molecular formula is C32H34N2O8S. The number of Topliss-reactive ketones (excluding diaryl/α,β-unsaturated/α-hetero) is 2. The molecule has 1 atom stereocenters. The number of fused-ring (bicyclic) bond motifs is 1. The molecule has 5 rings (SSSR count). The zero-order valence-electron chi connectivity index (χ0n) is 24.6. The highest BCUT2D eigenvalue weighted by molar-refractivity contribution is 7.18. The molecule has 1 saturated heterocycles. The van der Waals surface area contributed by atoms with E-state index in [1.54, 1.807) is 43.3 Å². The molecule has 0 spiro atoms. The molecule has 3 heterocycles. The number of benzene rings is 2. The van der Waals surface area contributed by atoms with E-state index in [-0.39, 0.29) is 27.8 Å². The topological polar surface area (TPSA) is 124 Å². The number of aryl methyl sites for hydroxylation is 1. The summed E-state index contributed by atoms with van der Waals surface area (Å²) in [6.07, 6.45) is 2.98. The SMILES string of the molecule is CCCCCOc1ccc(C2C(=C(O)c3ccc4c(c3)OCCO4)C(=O)C(=O)N2c2nc(C)c(C(C)=O)s2)cc1OCC. The maximum atomic E-state index is 13.7. The van der Waals surface area contributed by atoms with Crippen molar-refractivity contribution >= 4 is 39.7 Å². The Morgan fingerprint density at radius 2 is 1.81 bits per heavy atom. The number of ketones is 2. The maximum Gasteiger partial charge on any atom is 0.301 e. The number of anilines is 1. The van der Waals surface area contributed by atoms with Crippen LogP contribution < -0.4 is 23.8 Å². The van der Waals surface area contributed by atoms with Gasteiger partial charge >= 0.3 is 5.91 Å². The van der Waals surface area contributed by atoms with Gasteiger partial charge in [-0.2, -0.15) is 0 Å². The number of carbonyl (C=O) groups is 3. The molecule has 43 heavy (non-hydrogen) atoms. The van der Waals surface area contributed by atoms with Crippen molar-refractivity contribution in [1.82, 2.24) is 4.98 Å². The number of hydrogen-bond donors (Lipinski definition) is 1. The van der Waals surface area contributed by atoms with Gasteiger partial charge in [-0.15, -0.1) is 0 Å². The summed E-state index contributed by atoms with van der Waals surface area (Å²) in [5.41, 5.74) is 1.11. The Balaban J connectivity index is 1.65. The van der Waals surface area contributed by atoms with Crippen LogP contribution in [0.15, 0.2) is 42.0 Å². The van der Waals surface area contributed by atoms with E-state index in [1.165, 1.54) is 11.8 Å². The lowest BCUT2D eigenvalue weighted by molar-refractivity contribution is -0.132. The summed E-state index contributed by atoms with van der Waals surface area (Å²) >= 11 is 1.03. The molecule has 0 bridgehead atoms. The number of aliphatic hydroxyl groups excluding tert-OH is 1. The number of hydrogen-bond acceptors (Lipinski definition) is 10. The van der Waals surface area contributed by atoms with Crippen molar-refractivity contribution in [3.63, 3.8) is 0 Å². The highest BCUT2D eigenvalue weighted by atomic mass is 32.1. The molecule has 1 amide bonds. The first kappa shape index (κ1) is 30.1. The summed E-state index contributed by atoms with van der Waals surface area (Å²) in [6.45, 7) is 8.69. The molecule has 1 N–H and O–H groups in total. The molecule has 2 aromatic carbocycles. The molecule has 1 unspecified atom stereocenters. The van der Waals surface area contributed by atoms with E-state index in [9.17, 15) is 19.5 Å². The zero-order valence-corrected chi connectivity index (χ0v) is 25.4. The molecule has 11 heteroatoms. The molecule has 10 nitrogen and oxygen atoms in total. The normalized spacial score (nSPS) is 17.3. The maximum absolute atomic E-state index is 13.7. The smallest absolute Gasteiger partial charge is 0.301 e. The fraction of sp³-hybridized carbons (Fsp3) is 0.375. The summed E-state index contributed by atoms with van der Waals surface area (Å²) in [4.78, 5) is 45.7. The predicted molar refractivity (Wildman–Crippen MR) is 162 cm³/mol. The van der Waals surface area contributed by atoms with Gasteiger partial charge in [-0.05, 0) is 56.2 Å².